The first-order valence-electron chi connectivity index (χ1n) is 7.98. The van der Waals surface area contributed by atoms with Gasteiger partial charge in [0.05, 0.1) is 12.1 Å². The second kappa shape index (κ2) is 7.90. The molecule has 6 heteroatoms. The fourth-order valence-electron chi connectivity index (χ4n) is 2.44. The van der Waals surface area contributed by atoms with Gasteiger partial charge in [0.2, 0.25) is 0 Å². The number of primary amides is 1. The molecule has 1 heterocycles. The summed E-state index contributed by atoms with van der Waals surface area (Å²) in [5.74, 6) is 5.24. The summed E-state index contributed by atoms with van der Waals surface area (Å²) in [5, 5.41) is 3.71. The van der Waals surface area contributed by atoms with E-state index >= 15 is 0 Å². The first-order chi connectivity index (χ1) is 12.6. The fraction of sp³-hybridized carbons (Fsp3) is 0.100. The predicted octanol–water partition coefficient (Wildman–Crippen LogP) is 2.08. The predicted molar refractivity (Wildman–Crippen MR) is 98.9 cm³/mol. The summed E-state index contributed by atoms with van der Waals surface area (Å²) in [5.41, 5.74) is 7.14. The number of H-pyrrole nitrogens is 1. The van der Waals surface area contributed by atoms with E-state index in [1.54, 1.807) is 30.3 Å². The van der Waals surface area contributed by atoms with Crippen molar-refractivity contribution < 1.29 is 14.3 Å². The van der Waals surface area contributed by atoms with Crippen molar-refractivity contribution in [3.63, 3.8) is 0 Å². The molecule has 0 aliphatic heterocycles. The maximum absolute atomic E-state index is 12.1. The van der Waals surface area contributed by atoms with Crippen LogP contribution in [0.1, 0.15) is 20.7 Å². The number of ether oxygens (including phenoxy) is 1. The molecule has 130 valence electrons. The van der Waals surface area contributed by atoms with E-state index in [-0.39, 0.29) is 19.1 Å². The van der Waals surface area contributed by atoms with E-state index in [0.29, 0.717) is 16.9 Å². The zero-order valence-corrected chi connectivity index (χ0v) is 13.9. The number of benzene rings is 2. The Hall–Kier alpha value is -3.72. The SMILES string of the molecule is NC(=O)c1ccccc1OCC#CCNC(=O)c1ccc2[nH]ccc2c1. The summed E-state index contributed by atoms with van der Waals surface area (Å²) in [7, 11) is 0. The zero-order chi connectivity index (χ0) is 18.4. The summed E-state index contributed by atoms with van der Waals surface area (Å²) in [6.07, 6.45) is 1.83. The van der Waals surface area contributed by atoms with Crippen molar-refractivity contribution in [2.75, 3.05) is 13.2 Å². The molecular weight excluding hydrogens is 330 g/mol. The number of amides is 2. The standard InChI is InChI=1S/C20H17N3O3/c21-19(24)16-5-1-2-6-18(16)26-12-4-3-10-23-20(25)15-7-8-17-14(13-15)9-11-22-17/h1-2,5-9,11,13,22H,10,12H2,(H2,21,24)(H,23,25). The molecule has 0 aliphatic carbocycles. The molecule has 0 aliphatic rings. The van der Waals surface area contributed by atoms with Crippen LogP contribution in [0.5, 0.6) is 5.75 Å². The van der Waals surface area contributed by atoms with Crippen molar-refractivity contribution in [1.29, 1.82) is 0 Å². The van der Waals surface area contributed by atoms with Crippen LogP contribution in [-0.4, -0.2) is 29.9 Å². The second-order valence-electron chi connectivity index (χ2n) is 5.47. The molecule has 0 saturated carbocycles. The van der Waals surface area contributed by atoms with Crippen LogP contribution in [0.3, 0.4) is 0 Å². The number of aromatic nitrogens is 1. The number of hydrogen-bond donors (Lipinski definition) is 3. The molecule has 4 N–H and O–H groups in total. The number of aromatic amines is 1. The molecule has 0 bridgehead atoms. The zero-order valence-electron chi connectivity index (χ0n) is 13.9. The smallest absolute Gasteiger partial charge is 0.252 e. The molecule has 1 aromatic heterocycles. The molecule has 0 unspecified atom stereocenters. The van der Waals surface area contributed by atoms with E-state index < -0.39 is 5.91 Å². The molecule has 6 nitrogen and oxygen atoms in total. The third-order valence-corrected chi connectivity index (χ3v) is 3.73. The van der Waals surface area contributed by atoms with Crippen molar-refractivity contribution >= 4 is 22.7 Å². The number of nitrogens with one attached hydrogen (secondary N) is 2. The highest BCUT2D eigenvalue weighted by atomic mass is 16.5. The lowest BCUT2D eigenvalue weighted by molar-refractivity contribution is 0.0957. The van der Waals surface area contributed by atoms with Gasteiger partial charge in [-0.15, -0.1) is 0 Å². The molecular formula is C20H17N3O3. The monoisotopic (exact) mass is 347 g/mol. The Balaban J connectivity index is 1.50. The summed E-state index contributed by atoms with van der Waals surface area (Å²) >= 11 is 0. The van der Waals surface area contributed by atoms with Gasteiger partial charge in [-0.3, -0.25) is 9.59 Å². The van der Waals surface area contributed by atoms with Gasteiger partial charge < -0.3 is 20.8 Å². The van der Waals surface area contributed by atoms with E-state index in [1.165, 1.54) is 0 Å². The van der Waals surface area contributed by atoms with E-state index in [9.17, 15) is 9.59 Å². The van der Waals surface area contributed by atoms with Crippen molar-refractivity contribution in [3.8, 4) is 17.6 Å². The first kappa shape index (κ1) is 17.1. The van der Waals surface area contributed by atoms with E-state index in [4.69, 9.17) is 10.5 Å². The minimum absolute atomic E-state index is 0.0927. The Morgan fingerprint density at radius 1 is 1.12 bits per heavy atom. The summed E-state index contributed by atoms with van der Waals surface area (Å²) < 4.78 is 5.44. The lowest BCUT2D eigenvalue weighted by Gasteiger charge is -2.05. The number of rotatable bonds is 5. The van der Waals surface area contributed by atoms with E-state index in [0.717, 1.165) is 10.9 Å². The lowest BCUT2D eigenvalue weighted by Crippen LogP contribution is -2.23. The van der Waals surface area contributed by atoms with Crippen LogP contribution in [-0.2, 0) is 0 Å². The number of fused-ring (bicyclic) bond motifs is 1. The Morgan fingerprint density at radius 2 is 1.96 bits per heavy atom. The normalized spacial score (nSPS) is 10.0. The molecule has 3 aromatic rings. The molecule has 26 heavy (non-hydrogen) atoms. The Morgan fingerprint density at radius 3 is 2.81 bits per heavy atom. The van der Waals surface area contributed by atoms with Crippen LogP contribution < -0.4 is 15.8 Å². The third-order valence-electron chi connectivity index (χ3n) is 3.73. The minimum Gasteiger partial charge on any atom is -0.480 e. The van der Waals surface area contributed by atoms with E-state index in [1.807, 2.05) is 24.4 Å². The largest absolute Gasteiger partial charge is 0.480 e. The van der Waals surface area contributed by atoms with Crippen LogP contribution >= 0.6 is 0 Å². The van der Waals surface area contributed by atoms with Crippen molar-refractivity contribution in [2.45, 2.75) is 0 Å². The highest BCUT2D eigenvalue weighted by molar-refractivity contribution is 5.98. The Bertz CT molecular complexity index is 1010. The summed E-state index contributed by atoms with van der Waals surface area (Å²) in [6.45, 7) is 0.292. The number of carbonyl (C=O) groups excluding carboxylic acids is 2. The van der Waals surface area contributed by atoms with E-state index in [2.05, 4.69) is 22.1 Å². The van der Waals surface area contributed by atoms with Gasteiger partial charge in [0.25, 0.3) is 11.8 Å². The Kier molecular flexibility index (Phi) is 5.20. The van der Waals surface area contributed by atoms with Crippen LogP contribution in [0.25, 0.3) is 10.9 Å². The van der Waals surface area contributed by atoms with Crippen LogP contribution in [0.15, 0.2) is 54.7 Å². The molecule has 0 radical (unpaired) electrons. The highest BCUT2D eigenvalue weighted by Gasteiger charge is 2.07. The third kappa shape index (κ3) is 4.02. The molecule has 0 fully saturated rings. The topological polar surface area (TPSA) is 97.2 Å². The van der Waals surface area contributed by atoms with Gasteiger partial charge in [0, 0.05) is 22.7 Å². The number of carbonyl (C=O) groups is 2. The maximum Gasteiger partial charge on any atom is 0.252 e. The number of para-hydroxylation sites is 1. The first-order valence-corrected chi connectivity index (χ1v) is 7.98. The highest BCUT2D eigenvalue weighted by Crippen LogP contribution is 2.16. The minimum atomic E-state index is -0.555. The molecule has 3 rings (SSSR count). The quantitative estimate of drug-likeness (QED) is 0.616. The van der Waals surface area contributed by atoms with Crippen LogP contribution in [0.4, 0.5) is 0 Å². The number of nitrogens with two attached hydrogens (primary N) is 1. The fourth-order valence-corrected chi connectivity index (χ4v) is 2.44. The van der Waals surface area contributed by atoms with Gasteiger partial charge in [-0.2, -0.15) is 0 Å². The van der Waals surface area contributed by atoms with Gasteiger partial charge in [0.15, 0.2) is 0 Å². The van der Waals surface area contributed by atoms with Gasteiger partial charge in [-0.05, 0) is 36.4 Å². The molecule has 0 spiro atoms. The summed E-state index contributed by atoms with van der Waals surface area (Å²) in [4.78, 5) is 26.5. The molecule has 2 amide bonds. The number of hydrogen-bond acceptors (Lipinski definition) is 3. The second-order valence-corrected chi connectivity index (χ2v) is 5.47. The Labute approximate surface area is 150 Å². The average Bonchev–Trinajstić information content (AvgIpc) is 3.12. The lowest BCUT2D eigenvalue weighted by atomic mass is 10.1. The van der Waals surface area contributed by atoms with Crippen LogP contribution in [0, 0.1) is 11.8 Å². The van der Waals surface area contributed by atoms with Crippen molar-refractivity contribution in [2.24, 2.45) is 5.73 Å². The maximum atomic E-state index is 12.1. The van der Waals surface area contributed by atoms with Gasteiger partial charge in [0.1, 0.15) is 12.4 Å². The van der Waals surface area contributed by atoms with Crippen molar-refractivity contribution in [3.05, 3.63) is 65.9 Å². The summed E-state index contributed by atoms with van der Waals surface area (Å²) in [6, 6.07) is 14.0. The van der Waals surface area contributed by atoms with Gasteiger partial charge in [-0.25, -0.2) is 0 Å². The average molecular weight is 347 g/mol. The molecule has 2 aromatic carbocycles. The molecule has 0 atom stereocenters. The van der Waals surface area contributed by atoms with Gasteiger partial charge >= 0.3 is 0 Å². The van der Waals surface area contributed by atoms with Crippen LogP contribution in [0.2, 0.25) is 0 Å². The van der Waals surface area contributed by atoms with Crippen molar-refractivity contribution in [1.82, 2.24) is 10.3 Å². The van der Waals surface area contributed by atoms with Gasteiger partial charge in [-0.1, -0.05) is 24.0 Å². The molecule has 0 saturated heterocycles.